The maximum absolute atomic E-state index is 12.9. The van der Waals surface area contributed by atoms with Gasteiger partial charge in [-0.15, -0.1) is 0 Å². The second-order valence-electron chi connectivity index (χ2n) is 9.29. The number of halogens is 1. The Kier molecular flexibility index (Phi) is 7.42. The summed E-state index contributed by atoms with van der Waals surface area (Å²) in [6.45, 7) is 3.45. The molecule has 3 aromatic carbocycles. The first-order valence-corrected chi connectivity index (χ1v) is 13.0. The van der Waals surface area contributed by atoms with Gasteiger partial charge in [0.1, 0.15) is 5.75 Å². The minimum Gasteiger partial charge on any atom is -0.493 e. The predicted octanol–water partition coefficient (Wildman–Crippen LogP) is 6.68. The van der Waals surface area contributed by atoms with E-state index in [-0.39, 0.29) is 5.56 Å². The Morgan fingerprint density at radius 1 is 0.973 bits per heavy atom. The first-order valence-electron chi connectivity index (χ1n) is 12.6. The summed E-state index contributed by atoms with van der Waals surface area (Å²) in [4.78, 5) is 17.3. The van der Waals surface area contributed by atoms with E-state index in [2.05, 4.69) is 46.8 Å². The average Bonchev–Trinajstić information content (AvgIpc) is 3.33. The van der Waals surface area contributed by atoms with Gasteiger partial charge in [0.15, 0.2) is 0 Å². The van der Waals surface area contributed by atoms with Crippen LogP contribution in [0.25, 0.3) is 22.0 Å². The van der Waals surface area contributed by atoms with E-state index in [0.29, 0.717) is 11.6 Å². The topological polar surface area (TPSA) is 49.1 Å². The molecule has 2 aromatic heterocycles. The highest BCUT2D eigenvalue weighted by molar-refractivity contribution is 6.30. The number of hydrogen-bond acceptors (Lipinski definition) is 3. The summed E-state index contributed by atoms with van der Waals surface area (Å²) in [7, 11) is 1.83. The lowest BCUT2D eigenvalue weighted by Crippen LogP contribution is -2.18. The van der Waals surface area contributed by atoms with Crippen LogP contribution < -0.4 is 10.3 Å². The number of aromatic nitrogens is 3. The fourth-order valence-electron chi connectivity index (χ4n) is 4.87. The lowest BCUT2D eigenvalue weighted by atomic mass is 9.97. The Labute approximate surface area is 221 Å². The van der Waals surface area contributed by atoms with Gasteiger partial charge in [0, 0.05) is 48.4 Å². The van der Waals surface area contributed by atoms with Gasteiger partial charge in [0.25, 0.3) is 5.56 Å². The Morgan fingerprint density at radius 2 is 1.81 bits per heavy atom. The largest absolute Gasteiger partial charge is 0.493 e. The molecule has 5 nitrogen and oxygen atoms in total. The van der Waals surface area contributed by atoms with Crippen LogP contribution in [0.3, 0.4) is 0 Å². The molecule has 0 aliphatic heterocycles. The molecule has 0 saturated heterocycles. The second kappa shape index (κ2) is 11.1. The molecule has 0 bridgehead atoms. The highest BCUT2D eigenvalue weighted by Crippen LogP contribution is 2.34. The minimum atomic E-state index is -0.0415. The van der Waals surface area contributed by atoms with Crippen molar-refractivity contribution in [1.29, 1.82) is 0 Å². The van der Waals surface area contributed by atoms with Crippen LogP contribution in [-0.2, 0) is 26.4 Å². The maximum Gasteiger partial charge on any atom is 0.251 e. The first kappa shape index (κ1) is 24.8. The summed E-state index contributed by atoms with van der Waals surface area (Å²) in [5, 5.41) is 1.62. The summed E-state index contributed by atoms with van der Waals surface area (Å²) in [5.41, 5.74) is 6.15. The minimum absolute atomic E-state index is 0.0415. The van der Waals surface area contributed by atoms with Crippen molar-refractivity contribution in [2.24, 2.45) is 7.05 Å². The molecule has 5 aromatic rings. The van der Waals surface area contributed by atoms with Crippen molar-refractivity contribution in [1.82, 2.24) is 14.1 Å². The SMILES string of the molecule is CCCc1cc(OCCc2cncn2Cc2ccccc2)cc2c(-c3cccc(Cl)c3)cc(=O)n(C)c12. The van der Waals surface area contributed by atoms with Crippen LogP contribution in [0.5, 0.6) is 5.75 Å². The van der Waals surface area contributed by atoms with E-state index >= 15 is 0 Å². The third kappa shape index (κ3) is 5.47. The van der Waals surface area contributed by atoms with Gasteiger partial charge in [-0.3, -0.25) is 4.79 Å². The van der Waals surface area contributed by atoms with Crippen LogP contribution in [0.15, 0.2) is 90.1 Å². The van der Waals surface area contributed by atoms with E-state index in [4.69, 9.17) is 16.3 Å². The van der Waals surface area contributed by atoms with Crippen molar-refractivity contribution < 1.29 is 4.74 Å². The lowest BCUT2D eigenvalue weighted by molar-refractivity contribution is 0.319. The highest BCUT2D eigenvalue weighted by Gasteiger charge is 2.15. The molecule has 0 saturated carbocycles. The molecule has 5 rings (SSSR count). The van der Waals surface area contributed by atoms with Crippen LogP contribution in [0.2, 0.25) is 5.02 Å². The van der Waals surface area contributed by atoms with E-state index in [0.717, 1.165) is 64.8 Å². The molecule has 0 amide bonds. The zero-order valence-electron chi connectivity index (χ0n) is 21.2. The van der Waals surface area contributed by atoms with Crippen LogP contribution in [0, 0.1) is 0 Å². The second-order valence-corrected chi connectivity index (χ2v) is 9.73. The predicted molar refractivity (Wildman–Crippen MR) is 151 cm³/mol. The van der Waals surface area contributed by atoms with Crippen molar-refractivity contribution in [3.63, 3.8) is 0 Å². The number of benzene rings is 3. The molecular weight excluding hydrogens is 482 g/mol. The van der Waals surface area contributed by atoms with Crippen LogP contribution in [0.1, 0.15) is 30.2 Å². The van der Waals surface area contributed by atoms with Crippen molar-refractivity contribution in [3.05, 3.63) is 118 Å². The molecule has 0 aliphatic carbocycles. The van der Waals surface area contributed by atoms with Gasteiger partial charge in [0.05, 0.1) is 18.5 Å². The molecule has 188 valence electrons. The molecule has 37 heavy (non-hydrogen) atoms. The Hall–Kier alpha value is -3.83. The number of hydrogen-bond donors (Lipinski definition) is 0. The molecule has 0 fully saturated rings. The van der Waals surface area contributed by atoms with Gasteiger partial charge in [0.2, 0.25) is 0 Å². The van der Waals surface area contributed by atoms with E-state index in [9.17, 15) is 4.79 Å². The van der Waals surface area contributed by atoms with Crippen LogP contribution in [0.4, 0.5) is 0 Å². The van der Waals surface area contributed by atoms with Gasteiger partial charge in [-0.25, -0.2) is 4.98 Å². The van der Waals surface area contributed by atoms with Gasteiger partial charge < -0.3 is 13.9 Å². The van der Waals surface area contributed by atoms with Crippen molar-refractivity contribution in [2.75, 3.05) is 6.61 Å². The lowest BCUT2D eigenvalue weighted by Gasteiger charge is -2.17. The van der Waals surface area contributed by atoms with E-state index in [1.54, 1.807) is 10.6 Å². The summed E-state index contributed by atoms with van der Waals surface area (Å²) in [6, 6.07) is 23.8. The zero-order valence-corrected chi connectivity index (χ0v) is 21.9. The Bertz CT molecular complexity index is 1590. The molecule has 0 atom stereocenters. The number of imidazole rings is 1. The molecule has 6 heteroatoms. The van der Waals surface area contributed by atoms with Crippen molar-refractivity contribution in [3.8, 4) is 16.9 Å². The number of nitrogens with zero attached hydrogens (tertiary/aromatic N) is 3. The van der Waals surface area contributed by atoms with Crippen molar-refractivity contribution in [2.45, 2.75) is 32.7 Å². The molecule has 2 heterocycles. The smallest absolute Gasteiger partial charge is 0.251 e. The third-order valence-electron chi connectivity index (χ3n) is 6.66. The summed E-state index contributed by atoms with van der Waals surface area (Å²) in [5.74, 6) is 0.798. The number of fused-ring (bicyclic) bond motifs is 1. The van der Waals surface area contributed by atoms with Gasteiger partial charge in [-0.1, -0.05) is 67.4 Å². The van der Waals surface area contributed by atoms with E-state index in [1.807, 2.05) is 56.0 Å². The molecule has 0 N–H and O–H groups in total. The van der Waals surface area contributed by atoms with E-state index < -0.39 is 0 Å². The number of rotatable bonds is 9. The number of pyridine rings is 1. The first-order chi connectivity index (χ1) is 18.0. The highest BCUT2D eigenvalue weighted by atomic mass is 35.5. The van der Waals surface area contributed by atoms with Gasteiger partial charge in [-0.05, 0) is 52.9 Å². The fourth-order valence-corrected chi connectivity index (χ4v) is 5.06. The Balaban J connectivity index is 1.46. The van der Waals surface area contributed by atoms with Gasteiger partial charge >= 0.3 is 0 Å². The standard InChI is InChI=1S/C31H30ClN3O2/c1-3-8-24-16-27(37-14-13-26-19-33-21-35(26)20-22-9-5-4-6-10-22)17-29-28(18-30(36)34(2)31(24)29)23-11-7-12-25(32)15-23/h4-7,9-12,15-19,21H,3,8,13-14,20H2,1-2H3. The summed E-state index contributed by atoms with van der Waals surface area (Å²) >= 11 is 6.30. The molecule has 0 spiro atoms. The quantitative estimate of drug-likeness (QED) is 0.222. The van der Waals surface area contributed by atoms with Crippen LogP contribution in [-0.4, -0.2) is 20.7 Å². The average molecular weight is 512 g/mol. The molecule has 0 aliphatic rings. The number of ether oxygens (including phenoxy) is 1. The fraction of sp³-hybridized carbons (Fsp3) is 0.226. The maximum atomic E-state index is 12.9. The summed E-state index contributed by atoms with van der Waals surface area (Å²) in [6.07, 6.45) is 6.33. The molecule has 0 radical (unpaired) electrons. The molecular formula is C31H30ClN3O2. The van der Waals surface area contributed by atoms with Crippen LogP contribution >= 0.6 is 11.6 Å². The summed E-state index contributed by atoms with van der Waals surface area (Å²) < 4.78 is 10.2. The van der Waals surface area contributed by atoms with Crippen molar-refractivity contribution >= 4 is 22.5 Å². The normalized spacial score (nSPS) is 11.2. The van der Waals surface area contributed by atoms with Gasteiger partial charge in [-0.2, -0.15) is 0 Å². The zero-order chi connectivity index (χ0) is 25.8. The monoisotopic (exact) mass is 511 g/mol. The molecule has 0 unspecified atom stereocenters. The van der Waals surface area contributed by atoms with E-state index in [1.165, 1.54) is 5.56 Å². The number of aryl methyl sites for hydroxylation is 2. The Morgan fingerprint density at radius 3 is 2.59 bits per heavy atom. The third-order valence-corrected chi connectivity index (χ3v) is 6.90.